The van der Waals surface area contributed by atoms with Crippen LogP contribution in [0.5, 0.6) is 0 Å². The van der Waals surface area contributed by atoms with Gasteiger partial charge in [-0.25, -0.2) is 4.79 Å². The van der Waals surface area contributed by atoms with Gasteiger partial charge in [-0.05, 0) is 49.9 Å². The van der Waals surface area contributed by atoms with Crippen molar-refractivity contribution in [1.29, 1.82) is 0 Å². The van der Waals surface area contributed by atoms with Crippen LogP contribution in [0.15, 0.2) is 81.6 Å². The molecule has 1 aliphatic rings. The molecule has 0 saturated heterocycles. The summed E-state index contributed by atoms with van der Waals surface area (Å²) < 4.78 is 0.834. The maximum atomic E-state index is 13.1. The second kappa shape index (κ2) is 9.76. The molecule has 5 nitrogen and oxygen atoms in total. The van der Waals surface area contributed by atoms with Crippen LogP contribution in [0.3, 0.4) is 0 Å². The number of hydrogen-bond donors (Lipinski definition) is 3. The van der Waals surface area contributed by atoms with E-state index in [-0.39, 0.29) is 11.5 Å². The molecular formula is C24H25BrN2O3. The van der Waals surface area contributed by atoms with E-state index in [9.17, 15) is 14.7 Å². The molecule has 3 rings (SSSR count). The van der Waals surface area contributed by atoms with Gasteiger partial charge in [0.25, 0.3) is 0 Å². The van der Waals surface area contributed by atoms with Crippen molar-refractivity contribution in [2.75, 3.05) is 6.54 Å². The minimum atomic E-state index is -1.04. The molecule has 1 amide bonds. The van der Waals surface area contributed by atoms with Crippen molar-refractivity contribution in [3.05, 3.63) is 92.7 Å². The number of halogens is 1. The molecule has 1 atom stereocenters. The first-order valence-electron chi connectivity index (χ1n) is 9.88. The Hall–Kier alpha value is -2.86. The van der Waals surface area contributed by atoms with Crippen LogP contribution < -0.4 is 10.6 Å². The number of aliphatic carboxylic acids is 1. The number of aryl methyl sites for hydroxylation is 1. The predicted molar refractivity (Wildman–Crippen MR) is 121 cm³/mol. The molecule has 0 aromatic heterocycles. The van der Waals surface area contributed by atoms with Crippen LogP contribution in [-0.4, -0.2) is 23.5 Å². The van der Waals surface area contributed by atoms with Gasteiger partial charge in [0.2, 0.25) is 5.91 Å². The lowest BCUT2D eigenvalue weighted by molar-refractivity contribution is -0.133. The van der Waals surface area contributed by atoms with Crippen molar-refractivity contribution < 1.29 is 14.7 Å². The fraction of sp³-hybridized carbons (Fsp3) is 0.250. The van der Waals surface area contributed by atoms with Crippen LogP contribution in [-0.2, 0) is 16.0 Å². The van der Waals surface area contributed by atoms with Crippen LogP contribution in [0.25, 0.3) is 0 Å². The maximum Gasteiger partial charge on any atom is 0.334 e. The molecule has 0 bridgehead atoms. The minimum absolute atomic E-state index is 0.188. The SMILES string of the molecule is CC1=C(C(=O)O)C(c2cccc(Br)c2)C(C(=O)NCCCc2ccccc2)=C(C)N1. The second-order valence-electron chi connectivity index (χ2n) is 7.34. The van der Waals surface area contributed by atoms with E-state index in [1.165, 1.54) is 5.56 Å². The molecule has 0 fully saturated rings. The first-order chi connectivity index (χ1) is 14.4. The number of rotatable bonds is 7. The maximum absolute atomic E-state index is 13.1. The number of carbonyl (C=O) groups excluding carboxylic acids is 1. The Kier molecular flexibility index (Phi) is 7.11. The molecule has 2 aromatic rings. The minimum Gasteiger partial charge on any atom is -0.478 e. The smallest absolute Gasteiger partial charge is 0.334 e. The Morgan fingerprint density at radius 3 is 2.40 bits per heavy atom. The van der Waals surface area contributed by atoms with E-state index in [0.717, 1.165) is 22.9 Å². The molecule has 0 spiro atoms. The summed E-state index contributed by atoms with van der Waals surface area (Å²) in [6.07, 6.45) is 1.67. The average Bonchev–Trinajstić information content (AvgIpc) is 2.71. The lowest BCUT2D eigenvalue weighted by Gasteiger charge is -2.30. The van der Waals surface area contributed by atoms with Crippen molar-refractivity contribution in [3.8, 4) is 0 Å². The second-order valence-corrected chi connectivity index (χ2v) is 8.26. The number of amides is 1. The van der Waals surface area contributed by atoms with Crippen LogP contribution in [0.4, 0.5) is 0 Å². The van der Waals surface area contributed by atoms with Crippen LogP contribution >= 0.6 is 15.9 Å². The summed E-state index contributed by atoms with van der Waals surface area (Å²) in [4.78, 5) is 25.2. The highest BCUT2D eigenvalue weighted by atomic mass is 79.9. The summed E-state index contributed by atoms with van der Waals surface area (Å²) in [7, 11) is 0. The number of carbonyl (C=O) groups is 2. The zero-order valence-corrected chi connectivity index (χ0v) is 18.6. The van der Waals surface area contributed by atoms with Gasteiger partial charge >= 0.3 is 5.97 Å². The van der Waals surface area contributed by atoms with Crippen LogP contribution in [0.1, 0.15) is 37.3 Å². The van der Waals surface area contributed by atoms with Crippen molar-refractivity contribution in [2.24, 2.45) is 0 Å². The van der Waals surface area contributed by atoms with Crippen molar-refractivity contribution in [2.45, 2.75) is 32.6 Å². The summed E-state index contributed by atoms with van der Waals surface area (Å²) in [5.74, 6) is -1.92. The van der Waals surface area contributed by atoms with E-state index in [1.807, 2.05) is 49.4 Å². The van der Waals surface area contributed by atoms with Gasteiger partial charge in [0.15, 0.2) is 0 Å². The Morgan fingerprint density at radius 2 is 1.73 bits per heavy atom. The summed E-state index contributed by atoms with van der Waals surface area (Å²) in [6.45, 7) is 4.05. The normalized spacial score (nSPS) is 16.3. The molecule has 1 aliphatic heterocycles. The molecule has 2 aromatic carbocycles. The number of hydrogen-bond acceptors (Lipinski definition) is 3. The number of nitrogens with one attached hydrogen (secondary N) is 2. The van der Waals surface area contributed by atoms with Gasteiger partial charge in [0.05, 0.1) is 11.5 Å². The molecule has 0 radical (unpaired) electrons. The summed E-state index contributed by atoms with van der Waals surface area (Å²) in [6, 6.07) is 17.6. The summed E-state index contributed by atoms with van der Waals surface area (Å²) >= 11 is 3.45. The van der Waals surface area contributed by atoms with E-state index in [1.54, 1.807) is 6.92 Å². The van der Waals surface area contributed by atoms with E-state index >= 15 is 0 Å². The fourth-order valence-corrected chi connectivity index (χ4v) is 4.25. The molecule has 1 unspecified atom stereocenters. The number of carboxylic acid groups (broad SMARTS) is 1. The summed E-state index contributed by atoms with van der Waals surface area (Å²) in [5.41, 5.74) is 3.83. The zero-order chi connectivity index (χ0) is 21.7. The molecule has 0 saturated carbocycles. The summed E-state index contributed by atoms with van der Waals surface area (Å²) in [5, 5.41) is 15.9. The van der Waals surface area contributed by atoms with Gasteiger partial charge in [-0.15, -0.1) is 0 Å². The Balaban J connectivity index is 1.82. The predicted octanol–water partition coefficient (Wildman–Crippen LogP) is 4.52. The van der Waals surface area contributed by atoms with E-state index in [4.69, 9.17) is 0 Å². The average molecular weight is 469 g/mol. The highest BCUT2D eigenvalue weighted by Crippen LogP contribution is 2.38. The fourth-order valence-electron chi connectivity index (χ4n) is 3.83. The number of dihydropyridines is 1. The quantitative estimate of drug-likeness (QED) is 0.522. The van der Waals surface area contributed by atoms with Gasteiger partial charge in [-0.3, -0.25) is 4.79 Å². The van der Waals surface area contributed by atoms with Gasteiger partial charge in [0.1, 0.15) is 0 Å². The Bertz CT molecular complexity index is 1010. The van der Waals surface area contributed by atoms with E-state index < -0.39 is 11.9 Å². The lowest BCUT2D eigenvalue weighted by Crippen LogP contribution is -2.36. The zero-order valence-electron chi connectivity index (χ0n) is 17.0. The molecule has 156 valence electrons. The van der Waals surface area contributed by atoms with Gasteiger partial charge < -0.3 is 15.7 Å². The number of carboxylic acids is 1. The first kappa shape index (κ1) is 21.8. The highest BCUT2D eigenvalue weighted by molar-refractivity contribution is 9.10. The highest BCUT2D eigenvalue weighted by Gasteiger charge is 2.36. The largest absolute Gasteiger partial charge is 0.478 e. The van der Waals surface area contributed by atoms with Gasteiger partial charge in [-0.1, -0.05) is 58.4 Å². The number of benzene rings is 2. The van der Waals surface area contributed by atoms with E-state index in [0.29, 0.717) is 23.5 Å². The van der Waals surface area contributed by atoms with Crippen molar-refractivity contribution in [1.82, 2.24) is 10.6 Å². The van der Waals surface area contributed by atoms with Crippen molar-refractivity contribution >= 4 is 27.8 Å². The number of allylic oxidation sites excluding steroid dienone is 2. The monoisotopic (exact) mass is 468 g/mol. The van der Waals surface area contributed by atoms with Gasteiger partial charge in [0, 0.05) is 28.0 Å². The Labute approximate surface area is 185 Å². The Morgan fingerprint density at radius 1 is 1.03 bits per heavy atom. The third kappa shape index (κ3) is 5.00. The molecule has 1 heterocycles. The van der Waals surface area contributed by atoms with Gasteiger partial charge in [-0.2, -0.15) is 0 Å². The first-order valence-corrected chi connectivity index (χ1v) is 10.7. The topological polar surface area (TPSA) is 78.4 Å². The molecule has 30 heavy (non-hydrogen) atoms. The standard InChI is InChI=1S/C24H25BrN2O3/c1-15-20(23(28)26-13-7-10-17-8-4-3-5-9-17)22(18-11-6-12-19(25)14-18)21(24(29)30)16(2)27-15/h3-6,8-9,11-12,14,22,27H,7,10,13H2,1-2H3,(H,26,28)(H,29,30). The third-order valence-electron chi connectivity index (χ3n) is 5.19. The molecular weight excluding hydrogens is 444 g/mol. The third-order valence-corrected chi connectivity index (χ3v) is 5.68. The molecule has 6 heteroatoms. The van der Waals surface area contributed by atoms with E-state index in [2.05, 4.69) is 38.7 Å². The van der Waals surface area contributed by atoms with Crippen molar-refractivity contribution in [3.63, 3.8) is 0 Å². The van der Waals surface area contributed by atoms with Crippen LogP contribution in [0.2, 0.25) is 0 Å². The van der Waals surface area contributed by atoms with Crippen LogP contribution in [0, 0.1) is 0 Å². The molecule has 0 aliphatic carbocycles. The molecule has 3 N–H and O–H groups in total. The lowest BCUT2D eigenvalue weighted by atomic mass is 9.80.